The molecule has 1 aliphatic rings. The fourth-order valence-corrected chi connectivity index (χ4v) is 3.06. The minimum Gasteiger partial charge on any atom is -0.493 e. The van der Waals surface area contributed by atoms with E-state index in [0.29, 0.717) is 43.9 Å². The zero-order chi connectivity index (χ0) is 21.7. The van der Waals surface area contributed by atoms with Crippen LogP contribution in [0.4, 0.5) is 35.0 Å². The Balaban J connectivity index is 1.86. The summed E-state index contributed by atoms with van der Waals surface area (Å²) in [5.41, 5.74) is -0.330. The molecule has 0 radical (unpaired) electrons. The highest BCUT2D eigenvalue weighted by atomic mass is 19.4. The second-order valence-corrected chi connectivity index (χ2v) is 6.59. The van der Waals surface area contributed by atoms with Crippen molar-refractivity contribution in [2.75, 3.05) is 50.6 Å². The molecular formula is C19H23F4N5O2. The third-order valence-corrected chi connectivity index (χ3v) is 4.53. The highest BCUT2D eigenvalue weighted by molar-refractivity contribution is 5.60. The van der Waals surface area contributed by atoms with Gasteiger partial charge in [0.25, 0.3) is 0 Å². The predicted molar refractivity (Wildman–Crippen MR) is 104 cm³/mol. The number of hydrogen-bond donors (Lipinski definition) is 2. The van der Waals surface area contributed by atoms with Crippen molar-refractivity contribution in [3.05, 3.63) is 35.3 Å². The van der Waals surface area contributed by atoms with E-state index >= 15 is 0 Å². The van der Waals surface area contributed by atoms with Gasteiger partial charge in [-0.15, -0.1) is 0 Å². The average molecular weight is 429 g/mol. The molecule has 0 spiro atoms. The molecule has 0 bridgehead atoms. The smallest absolute Gasteiger partial charge is 0.421 e. The van der Waals surface area contributed by atoms with E-state index in [0.717, 1.165) is 13.1 Å². The van der Waals surface area contributed by atoms with E-state index in [2.05, 4.69) is 25.5 Å². The highest BCUT2D eigenvalue weighted by Gasteiger charge is 2.35. The van der Waals surface area contributed by atoms with Gasteiger partial charge in [-0.3, -0.25) is 4.90 Å². The predicted octanol–water partition coefficient (Wildman–Crippen LogP) is 3.65. The van der Waals surface area contributed by atoms with Crippen LogP contribution in [-0.2, 0) is 17.5 Å². The van der Waals surface area contributed by atoms with Gasteiger partial charge in [0.05, 0.1) is 25.5 Å². The quantitative estimate of drug-likeness (QED) is 0.651. The molecule has 1 fully saturated rings. The van der Waals surface area contributed by atoms with Crippen molar-refractivity contribution in [2.45, 2.75) is 19.6 Å². The van der Waals surface area contributed by atoms with Gasteiger partial charge < -0.3 is 20.1 Å². The molecule has 2 N–H and O–H groups in total. The van der Waals surface area contributed by atoms with Crippen molar-refractivity contribution in [3.8, 4) is 5.75 Å². The molecule has 30 heavy (non-hydrogen) atoms. The zero-order valence-corrected chi connectivity index (χ0v) is 16.6. The van der Waals surface area contributed by atoms with Gasteiger partial charge in [0.2, 0.25) is 5.95 Å². The molecule has 0 atom stereocenters. The molecule has 0 saturated carbocycles. The Hall–Kier alpha value is -2.66. The third kappa shape index (κ3) is 5.28. The molecule has 1 aromatic heterocycles. The Bertz CT molecular complexity index is 873. The van der Waals surface area contributed by atoms with Crippen LogP contribution in [0.1, 0.15) is 18.1 Å². The number of nitrogens with zero attached hydrogens (tertiary/aromatic N) is 3. The number of ether oxygens (including phenoxy) is 2. The van der Waals surface area contributed by atoms with Gasteiger partial charge in [0.15, 0.2) is 0 Å². The van der Waals surface area contributed by atoms with Gasteiger partial charge in [0.1, 0.15) is 22.9 Å². The van der Waals surface area contributed by atoms with E-state index < -0.39 is 23.4 Å². The number of halogens is 4. The lowest BCUT2D eigenvalue weighted by Gasteiger charge is -2.27. The summed E-state index contributed by atoms with van der Waals surface area (Å²) in [7, 11) is 1.32. The van der Waals surface area contributed by atoms with Crippen LogP contribution in [0.2, 0.25) is 0 Å². The monoisotopic (exact) mass is 429 g/mol. The van der Waals surface area contributed by atoms with Crippen molar-refractivity contribution >= 4 is 17.5 Å². The molecule has 2 heterocycles. The van der Waals surface area contributed by atoms with Gasteiger partial charge >= 0.3 is 6.18 Å². The van der Waals surface area contributed by atoms with Crippen LogP contribution in [0.25, 0.3) is 0 Å². The molecule has 1 saturated heterocycles. The number of aromatic nitrogens is 2. The number of alkyl halides is 3. The Morgan fingerprint density at radius 3 is 2.60 bits per heavy atom. The maximum Gasteiger partial charge on any atom is 0.421 e. The minimum atomic E-state index is -4.61. The van der Waals surface area contributed by atoms with Gasteiger partial charge in [-0.1, -0.05) is 0 Å². The minimum absolute atomic E-state index is 0.00555. The summed E-state index contributed by atoms with van der Waals surface area (Å²) < 4.78 is 64.7. The summed E-state index contributed by atoms with van der Waals surface area (Å²) in [5.74, 6) is -0.686. The van der Waals surface area contributed by atoms with Crippen molar-refractivity contribution in [3.63, 3.8) is 0 Å². The van der Waals surface area contributed by atoms with E-state index in [1.54, 1.807) is 0 Å². The summed E-state index contributed by atoms with van der Waals surface area (Å²) in [6.45, 7) is 5.39. The second kappa shape index (κ2) is 9.43. The number of rotatable bonds is 7. The van der Waals surface area contributed by atoms with Crippen LogP contribution in [-0.4, -0.2) is 54.8 Å². The molecule has 3 rings (SSSR count). The van der Waals surface area contributed by atoms with Gasteiger partial charge in [-0.25, -0.2) is 9.37 Å². The first-order valence-electron chi connectivity index (χ1n) is 9.46. The Morgan fingerprint density at radius 2 is 1.97 bits per heavy atom. The zero-order valence-electron chi connectivity index (χ0n) is 16.6. The summed E-state index contributed by atoms with van der Waals surface area (Å²) in [6, 6.07) is 2.82. The third-order valence-electron chi connectivity index (χ3n) is 4.53. The molecule has 7 nitrogen and oxygen atoms in total. The lowest BCUT2D eigenvalue weighted by atomic mass is 10.1. The van der Waals surface area contributed by atoms with Gasteiger partial charge in [-0.05, 0) is 13.0 Å². The SMILES string of the molecule is CCOc1cc(Nc2ncc(C(F)(F)F)c(NC)n2)c(F)cc1CN1CCOCC1. The van der Waals surface area contributed by atoms with Crippen molar-refractivity contribution < 1.29 is 27.0 Å². The van der Waals surface area contributed by atoms with Crippen LogP contribution >= 0.6 is 0 Å². The van der Waals surface area contributed by atoms with E-state index in [-0.39, 0.29) is 11.6 Å². The van der Waals surface area contributed by atoms with Crippen molar-refractivity contribution in [1.82, 2.24) is 14.9 Å². The Kier molecular flexibility index (Phi) is 6.93. The van der Waals surface area contributed by atoms with E-state index in [1.165, 1.54) is 19.2 Å². The average Bonchev–Trinajstić information content (AvgIpc) is 2.71. The second-order valence-electron chi connectivity index (χ2n) is 6.59. The van der Waals surface area contributed by atoms with Gasteiger partial charge in [0, 0.05) is 44.5 Å². The molecule has 1 aliphatic heterocycles. The summed E-state index contributed by atoms with van der Waals surface area (Å²) in [4.78, 5) is 9.60. The van der Waals surface area contributed by atoms with Crippen molar-refractivity contribution in [1.29, 1.82) is 0 Å². The molecule has 0 unspecified atom stereocenters. The van der Waals surface area contributed by atoms with Crippen molar-refractivity contribution in [2.24, 2.45) is 0 Å². The first kappa shape index (κ1) is 22.0. The number of benzene rings is 1. The fourth-order valence-electron chi connectivity index (χ4n) is 3.06. The number of anilines is 3. The molecular weight excluding hydrogens is 406 g/mol. The van der Waals surface area contributed by atoms with Crippen LogP contribution < -0.4 is 15.4 Å². The van der Waals surface area contributed by atoms with Crippen LogP contribution in [0.15, 0.2) is 18.3 Å². The molecule has 0 amide bonds. The highest BCUT2D eigenvalue weighted by Crippen LogP contribution is 2.34. The standard InChI is InChI=1S/C19H23F4N5O2/c1-3-30-16-9-15(14(20)8-12(16)11-28-4-6-29-7-5-28)26-18-25-10-13(19(21,22)23)17(24-2)27-18/h8-10H,3-7,11H2,1-2H3,(H2,24,25,26,27). The summed E-state index contributed by atoms with van der Waals surface area (Å²) in [5, 5.41) is 5.02. The summed E-state index contributed by atoms with van der Waals surface area (Å²) >= 11 is 0. The maximum atomic E-state index is 14.7. The largest absolute Gasteiger partial charge is 0.493 e. The normalized spacial score (nSPS) is 15.1. The van der Waals surface area contributed by atoms with E-state index in [4.69, 9.17) is 9.47 Å². The first-order valence-corrected chi connectivity index (χ1v) is 9.46. The molecule has 2 aromatic rings. The lowest BCUT2D eigenvalue weighted by molar-refractivity contribution is -0.137. The van der Waals surface area contributed by atoms with Crippen LogP contribution in [0.5, 0.6) is 5.75 Å². The number of morpholine rings is 1. The van der Waals surface area contributed by atoms with Crippen LogP contribution in [0, 0.1) is 5.82 Å². The molecule has 11 heteroatoms. The van der Waals surface area contributed by atoms with Crippen LogP contribution in [0.3, 0.4) is 0 Å². The Labute approximate surface area is 171 Å². The molecule has 164 valence electrons. The molecule has 0 aliphatic carbocycles. The first-order chi connectivity index (χ1) is 14.3. The van der Waals surface area contributed by atoms with E-state index in [9.17, 15) is 17.6 Å². The number of hydrogen-bond acceptors (Lipinski definition) is 7. The summed E-state index contributed by atoms with van der Waals surface area (Å²) in [6.07, 6.45) is -3.96. The lowest BCUT2D eigenvalue weighted by Crippen LogP contribution is -2.35. The Morgan fingerprint density at radius 1 is 1.23 bits per heavy atom. The van der Waals surface area contributed by atoms with E-state index in [1.807, 2.05) is 6.92 Å². The van der Waals surface area contributed by atoms with Gasteiger partial charge in [-0.2, -0.15) is 18.2 Å². The maximum absolute atomic E-state index is 14.7. The number of nitrogens with one attached hydrogen (secondary N) is 2. The topological polar surface area (TPSA) is 71.5 Å². The fraction of sp³-hybridized carbons (Fsp3) is 0.474. The molecule has 1 aromatic carbocycles.